The van der Waals surface area contributed by atoms with Crippen molar-refractivity contribution in [1.82, 2.24) is 4.98 Å². The van der Waals surface area contributed by atoms with Crippen molar-refractivity contribution in [1.29, 1.82) is 0 Å². The topological polar surface area (TPSA) is 31.4 Å². The summed E-state index contributed by atoms with van der Waals surface area (Å²) in [6.45, 7) is 0. The number of nitrogens with zero attached hydrogens (tertiary/aromatic N) is 1. The number of aryl methyl sites for hydroxylation is 2. The van der Waals surface area contributed by atoms with E-state index in [1.165, 1.54) is 34.0 Å². The van der Waals surface area contributed by atoms with Crippen LogP contribution in [0.5, 0.6) is 11.5 Å². The van der Waals surface area contributed by atoms with E-state index >= 15 is 0 Å². The standard InChI is InChI=1S/C29H26ClF3O2.C9H7N/c1-34-26-8-4-7-23-22-13-12-20-17(5-3-6-21(20)24(22)16-27(35-2)28(23)26)9-10-18-15-19(30)11-14-25(18)29(31,32)33;1-2-4-9-7-10-6-5-8(9)3-1/h4,7-8,11-17H,3,5-6,9-10H2,1-2H3;1-7H. The van der Waals surface area contributed by atoms with E-state index in [2.05, 4.69) is 41.4 Å². The molecule has 0 saturated carbocycles. The van der Waals surface area contributed by atoms with Crippen LogP contribution >= 0.6 is 11.6 Å². The second-order valence-electron chi connectivity index (χ2n) is 11.3. The Morgan fingerprint density at radius 2 is 1.62 bits per heavy atom. The van der Waals surface area contributed by atoms with E-state index in [0.29, 0.717) is 17.9 Å². The first kappa shape index (κ1) is 30.7. The van der Waals surface area contributed by atoms with Gasteiger partial charge in [0.15, 0.2) is 0 Å². The van der Waals surface area contributed by atoms with Crippen LogP contribution in [0.1, 0.15) is 47.4 Å². The smallest absolute Gasteiger partial charge is 0.416 e. The molecule has 0 aliphatic heterocycles. The molecule has 230 valence electrons. The van der Waals surface area contributed by atoms with Crippen LogP contribution in [-0.2, 0) is 19.0 Å². The normalized spacial score (nSPS) is 14.6. The molecule has 0 radical (unpaired) electrons. The fourth-order valence-electron chi connectivity index (χ4n) is 6.67. The molecule has 7 heteroatoms. The van der Waals surface area contributed by atoms with Gasteiger partial charge in [-0.2, -0.15) is 13.2 Å². The second kappa shape index (κ2) is 13.0. The lowest BCUT2D eigenvalue weighted by Gasteiger charge is -2.28. The van der Waals surface area contributed by atoms with Gasteiger partial charge < -0.3 is 9.47 Å². The SMILES string of the molecule is COc1cccc2c1c(OC)cc1c3c(ccc12)C(CCc1cc(Cl)ccc1C(F)(F)F)CCC3.c1ccc2cnccc2c1. The molecule has 0 fully saturated rings. The highest BCUT2D eigenvalue weighted by atomic mass is 35.5. The van der Waals surface area contributed by atoms with E-state index < -0.39 is 11.7 Å². The average Bonchev–Trinajstić information content (AvgIpc) is 3.06. The molecule has 1 aliphatic rings. The zero-order valence-corrected chi connectivity index (χ0v) is 25.9. The van der Waals surface area contributed by atoms with Gasteiger partial charge in [0, 0.05) is 17.4 Å². The van der Waals surface area contributed by atoms with Crippen LogP contribution in [0.25, 0.3) is 32.3 Å². The molecule has 1 unspecified atom stereocenters. The van der Waals surface area contributed by atoms with E-state index in [0.717, 1.165) is 58.4 Å². The van der Waals surface area contributed by atoms with Crippen LogP contribution in [0.4, 0.5) is 13.2 Å². The Morgan fingerprint density at radius 1 is 0.822 bits per heavy atom. The van der Waals surface area contributed by atoms with Crippen molar-refractivity contribution in [3.63, 3.8) is 0 Å². The molecule has 5 aromatic carbocycles. The lowest BCUT2D eigenvalue weighted by Crippen LogP contribution is -2.13. The van der Waals surface area contributed by atoms with Crippen LogP contribution in [0.3, 0.4) is 0 Å². The second-order valence-corrected chi connectivity index (χ2v) is 11.8. The number of fused-ring (bicyclic) bond motifs is 6. The molecule has 0 bridgehead atoms. The van der Waals surface area contributed by atoms with E-state index in [1.54, 1.807) is 14.2 Å². The van der Waals surface area contributed by atoms with Gasteiger partial charge in [-0.25, -0.2) is 0 Å². The number of pyridine rings is 1. The summed E-state index contributed by atoms with van der Waals surface area (Å²) in [6, 6.07) is 26.4. The van der Waals surface area contributed by atoms with Gasteiger partial charge in [0.1, 0.15) is 11.5 Å². The van der Waals surface area contributed by atoms with Crippen LogP contribution in [0.15, 0.2) is 97.3 Å². The minimum atomic E-state index is -4.39. The van der Waals surface area contributed by atoms with Gasteiger partial charge in [-0.1, -0.05) is 60.1 Å². The summed E-state index contributed by atoms with van der Waals surface area (Å²) >= 11 is 6.04. The number of methoxy groups -OCH3 is 2. The Balaban J connectivity index is 0.000000301. The van der Waals surface area contributed by atoms with E-state index in [4.69, 9.17) is 21.1 Å². The van der Waals surface area contributed by atoms with Gasteiger partial charge in [0.25, 0.3) is 0 Å². The van der Waals surface area contributed by atoms with Gasteiger partial charge in [0.2, 0.25) is 0 Å². The van der Waals surface area contributed by atoms with Crippen molar-refractivity contribution in [3.05, 3.63) is 125 Å². The summed E-state index contributed by atoms with van der Waals surface area (Å²) in [7, 11) is 3.31. The van der Waals surface area contributed by atoms with E-state index in [-0.39, 0.29) is 11.5 Å². The molecule has 0 amide bonds. The molecular weight excluding hydrogens is 595 g/mol. The van der Waals surface area contributed by atoms with Crippen molar-refractivity contribution < 1.29 is 22.6 Å². The van der Waals surface area contributed by atoms with Crippen molar-refractivity contribution in [2.24, 2.45) is 0 Å². The molecule has 45 heavy (non-hydrogen) atoms. The average molecular weight is 628 g/mol. The summed E-state index contributed by atoms with van der Waals surface area (Å²) in [5.74, 6) is 1.71. The number of benzene rings is 5. The predicted octanol–water partition coefficient (Wildman–Crippen LogP) is 11.0. The fourth-order valence-corrected chi connectivity index (χ4v) is 6.86. The number of hydrogen-bond acceptors (Lipinski definition) is 3. The Bertz CT molecular complexity index is 1920. The van der Waals surface area contributed by atoms with E-state index in [1.807, 2.05) is 42.7 Å². The molecular formula is C38H33ClF3NO2. The summed E-state index contributed by atoms with van der Waals surface area (Å²) in [6.07, 6.45) is 3.15. The van der Waals surface area contributed by atoms with Gasteiger partial charge in [-0.05, 0) is 118 Å². The van der Waals surface area contributed by atoms with Crippen LogP contribution in [-0.4, -0.2) is 19.2 Å². The number of halogens is 4. The molecule has 1 atom stereocenters. The third-order valence-corrected chi connectivity index (χ3v) is 9.01. The molecule has 0 saturated heterocycles. The van der Waals surface area contributed by atoms with E-state index in [9.17, 15) is 13.2 Å². The summed E-state index contributed by atoms with van der Waals surface area (Å²) in [4.78, 5) is 4.01. The first-order chi connectivity index (χ1) is 21.8. The van der Waals surface area contributed by atoms with Gasteiger partial charge in [0.05, 0.1) is 25.2 Å². The number of ether oxygens (including phenoxy) is 2. The maximum Gasteiger partial charge on any atom is 0.416 e. The lowest BCUT2D eigenvalue weighted by atomic mass is 9.77. The molecule has 0 N–H and O–H groups in total. The molecule has 1 aliphatic carbocycles. The maximum absolute atomic E-state index is 13.5. The predicted molar refractivity (Wildman–Crippen MR) is 177 cm³/mol. The summed E-state index contributed by atoms with van der Waals surface area (Å²) in [5.41, 5.74) is 2.16. The molecule has 0 spiro atoms. The summed E-state index contributed by atoms with van der Waals surface area (Å²) < 4.78 is 52.0. The van der Waals surface area contributed by atoms with Gasteiger partial charge >= 0.3 is 6.18 Å². The fraction of sp³-hybridized carbons (Fsp3) is 0.237. The van der Waals surface area contributed by atoms with Crippen LogP contribution in [0, 0.1) is 0 Å². The molecule has 1 heterocycles. The number of rotatable bonds is 5. The van der Waals surface area contributed by atoms with Crippen molar-refractivity contribution in [2.45, 2.75) is 44.2 Å². The first-order valence-electron chi connectivity index (χ1n) is 15.0. The Labute approximate surface area is 265 Å². The first-order valence-corrected chi connectivity index (χ1v) is 15.4. The maximum atomic E-state index is 13.5. The minimum absolute atomic E-state index is 0.190. The number of aromatic nitrogens is 1. The molecule has 3 nitrogen and oxygen atoms in total. The zero-order chi connectivity index (χ0) is 31.6. The lowest BCUT2D eigenvalue weighted by molar-refractivity contribution is -0.138. The Kier molecular flexibility index (Phi) is 8.86. The van der Waals surface area contributed by atoms with Crippen molar-refractivity contribution >= 4 is 43.9 Å². The third kappa shape index (κ3) is 6.30. The highest BCUT2D eigenvalue weighted by Gasteiger charge is 2.33. The number of alkyl halides is 3. The quantitative estimate of drug-likeness (QED) is 0.178. The van der Waals surface area contributed by atoms with Crippen molar-refractivity contribution in [2.75, 3.05) is 14.2 Å². The Hall–Kier alpha value is -4.29. The van der Waals surface area contributed by atoms with Gasteiger partial charge in [-0.3, -0.25) is 4.98 Å². The summed E-state index contributed by atoms with van der Waals surface area (Å²) in [5, 5.41) is 7.06. The van der Waals surface area contributed by atoms with Crippen LogP contribution in [0.2, 0.25) is 5.02 Å². The number of hydrogen-bond donors (Lipinski definition) is 0. The third-order valence-electron chi connectivity index (χ3n) is 8.78. The highest BCUT2D eigenvalue weighted by molar-refractivity contribution is 6.30. The molecule has 6 aromatic rings. The largest absolute Gasteiger partial charge is 0.496 e. The molecule has 1 aromatic heterocycles. The highest BCUT2D eigenvalue weighted by Crippen LogP contribution is 2.45. The zero-order valence-electron chi connectivity index (χ0n) is 25.1. The van der Waals surface area contributed by atoms with Crippen molar-refractivity contribution in [3.8, 4) is 11.5 Å². The minimum Gasteiger partial charge on any atom is -0.496 e. The monoisotopic (exact) mass is 627 g/mol. The van der Waals surface area contributed by atoms with Gasteiger partial charge in [-0.15, -0.1) is 0 Å². The Morgan fingerprint density at radius 3 is 2.38 bits per heavy atom. The van der Waals surface area contributed by atoms with Crippen LogP contribution < -0.4 is 9.47 Å². The molecule has 7 rings (SSSR count).